The Balaban J connectivity index is 1.68. The second kappa shape index (κ2) is 8.09. The molecule has 126 valence electrons. The molecule has 1 fully saturated rings. The first-order chi connectivity index (χ1) is 11.6. The highest BCUT2D eigenvalue weighted by atomic mass is 35.5. The highest BCUT2D eigenvalue weighted by Gasteiger charge is 2.29. The molecule has 2 atom stereocenters. The minimum Gasteiger partial charge on any atom is -0.353 e. The summed E-state index contributed by atoms with van der Waals surface area (Å²) in [5.74, 6) is 1.26. The van der Waals surface area contributed by atoms with Gasteiger partial charge in [0.1, 0.15) is 0 Å². The molecule has 1 N–H and O–H groups in total. The zero-order valence-electron chi connectivity index (χ0n) is 13.7. The number of halogens is 1. The quantitative estimate of drug-likeness (QED) is 0.747. The highest BCUT2D eigenvalue weighted by Crippen LogP contribution is 2.36. The van der Waals surface area contributed by atoms with Crippen LogP contribution < -0.4 is 5.32 Å². The van der Waals surface area contributed by atoms with Crippen molar-refractivity contribution in [2.24, 2.45) is 5.92 Å². The molecule has 0 heterocycles. The van der Waals surface area contributed by atoms with Gasteiger partial charge in [-0.1, -0.05) is 54.1 Å². The Morgan fingerprint density at radius 2 is 1.75 bits per heavy atom. The molecule has 2 aromatic rings. The van der Waals surface area contributed by atoms with Crippen LogP contribution in [0.4, 0.5) is 0 Å². The summed E-state index contributed by atoms with van der Waals surface area (Å²) in [6, 6.07) is 18.5. The van der Waals surface area contributed by atoms with E-state index in [0.29, 0.717) is 17.7 Å². The van der Waals surface area contributed by atoms with Crippen molar-refractivity contribution in [3.8, 4) is 0 Å². The molecule has 1 aliphatic carbocycles. The molecule has 2 unspecified atom stereocenters. The van der Waals surface area contributed by atoms with E-state index in [2.05, 4.69) is 24.4 Å². The Morgan fingerprint density at radius 3 is 2.38 bits per heavy atom. The number of hydrogen-bond donors (Lipinski definition) is 1. The second-order valence-corrected chi connectivity index (χ2v) is 7.88. The number of hydrogen-bond acceptors (Lipinski definition) is 2. The molecule has 3 rings (SSSR count). The lowest BCUT2D eigenvalue weighted by molar-refractivity contribution is -0.119. The van der Waals surface area contributed by atoms with Crippen LogP contribution in [0.3, 0.4) is 0 Å². The molecule has 24 heavy (non-hydrogen) atoms. The number of carbonyl (C=O) groups excluding carboxylic acids is 1. The van der Waals surface area contributed by atoms with Crippen molar-refractivity contribution < 1.29 is 4.79 Å². The fourth-order valence-corrected chi connectivity index (χ4v) is 4.05. The summed E-state index contributed by atoms with van der Waals surface area (Å²) in [4.78, 5) is 12.3. The van der Waals surface area contributed by atoms with Crippen LogP contribution in [0.25, 0.3) is 0 Å². The number of amides is 1. The van der Waals surface area contributed by atoms with Gasteiger partial charge < -0.3 is 5.32 Å². The van der Waals surface area contributed by atoms with Gasteiger partial charge in [0.15, 0.2) is 0 Å². The predicted molar refractivity (Wildman–Crippen MR) is 103 cm³/mol. The van der Waals surface area contributed by atoms with Gasteiger partial charge in [-0.15, -0.1) is 11.8 Å². The summed E-state index contributed by atoms with van der Waals surface area (Å²) in [7, 11) is 0. The van der Waals surface area contributed by atoms with E-state index in [9.17, 15) is 4.79 Å². The molecule has 1 saturated carbocycles. The summed E-state index contributed by atoms with van der Waals surface area (Å²) >= 11 is 7.67. The van der Waals surface area contributed by atoms with Crippen molar-refractivity contribution >= 4 is 29.3 Å². The van der Waals surface area contributed by atoms with Crippen LogP contribution in [-0.4, -0.2) is 17.7 Å². The zero-order valence-corrected chi connectivity index (χ0v) is 15.3. The van der Waals surface area contributed by atoms with Crippen molar-refractivity contribution in [2.75, 3.05) is 5.75 Å². The maximum atomic E-state index is 12.3. The molecular formula is C20H22ClNOS. The average molecular weight is 360 g/mol. The highest BCUT2D eigenvalue weighted by molar-refractivity contribution is 8.00. The molecule has 1 aliphatic rings. The molecule has 0 aromatic heterocycles. The molecule has 0 radical (unpaired) electrons. The number of carbonyl (C=O) groups is 1. The topological polar surface area (TPSA) is 29.1 Å². The molecule has 1 amide bonds. The third-order valence-corrected chi connectivity index (χ3v) is 5.93. The van der Waals surface area contributed by atoms with Crippen molar-refractivity contribution in [3.05, 3.63) is 70.7 Å². The molecule has 2 nitrogen and oxygen atoms in total. The smallest absolute Gasteiger partial charge is 0.230 e. The van der Waals surface area contributed by atoms with Gasteiger partial charge in [-0.2, -0.15) is 0 Å². The largest absolute Gasteiger partial charge is 0.353 e. The van der Waals surface area contributed by atoms with Crippen molar-refractivity contribution in [2.45, 2.75) is 31.1 Å². The number of nitrogens with one attached hydrogen (secondary N) is 1. The lowest BCUT2D eigenvalue weighted by atomic mass is 10.0. The zero-order chi connectivity index (χ0) is 16.9. The van der Waals surface area contributed by atoms with Crippen LogP contribution in [-0.2, 0) is 4.79 Å². The summed E-state index contributed by atoms with van der Waals surface area (Å²) in [6.45, 7) is 2.11. The second-order valence-electron chi connectivity index (χ2n) is 6.35. The lowest BCUT2D eigenvalue weighted by Crippen LogP contribution is -2.35. The maximum absolute atomic E-state index is 12.3. The van der Waals surface area contributed by atoms with Gasteiger partial charge in [0.2, 0.25) is 5.91 Å². The average Bonchev–Trinajstić information content (AvgIpc) is 3.42. The fraction of sp³-hybridized carbons (Fsp3) is 0.350. The normalized spacial score (nSPS) is 16.4. The Kier molecular flexibility index (Phi) is 5.85. The minimum atomic E-state index is 0.120. The Labute approximate surface area is 153 Å². The first-order valence-electron chi connectivity index (χ1n) is 8.35. The first kappa shape index (κ1) is 17.4. The summed E-state index contributed by atoms with van der Waals surface area (Å²) in [6.07, 6.45) is 2.48. The molecule has 0 spiro atoms. The maximum Gasteiger partial charge on any atom is 0.230 e. The number of thioether (sulfide) groups is 1. The van der Waals surface area contributed by atoms with Gasteiger partial charge >= 0.3 is 0 Å². The van der Waals surface area contributed by atoms with Crippen LogP contribution in [0.2, 0.25) is 5.02 Å². The van der Waals surface area contributed by atoms with Crippen molar-refractivity contribution in [1.29, 1.82) is 0 Å². The molecule has 0 bridgehead atoms. The van der Waals surface area contributed by atoms with Crippen LogP contribution in [0.15, 0.2) is 54.6 Å². The first-order valence-corrected chi connectivity index (χ1v) is 9.77. The SMILES string of the molecule is CC(NC(=O)CSC(c1ccccc1)c1ccc(Cl)cc1)C1CC1. The predicted octanol–water partition coefficient (Wildman–Crippen LogP) is 5.08. The molecule has 2 aromatic carbocycles. The fourth-order valence-electron chi connectivity index (χ4n) is 2.82. The van der Waals surface area contributed by atoms with E-state index in [4.69, 9.17) is 11.6 Å². The van der Waals surface area contributed by atoms with Gasteiger partial charge in [0.05, 0.1) is 11.0 Å². The summed E-state index contributed by atoms with van der Waals surface area (Å²) < 4.78 is 0. The van der Waals surface area contributed by atoms with E-state index in [0.717, 1.165) is 5.02 Å². The van der Waals surface area contributed by atoms with E-state index >= 15 is 0 Å². The minimum absolute atomic E-state index is 0.120. The number of benzene rings is 2. The van der Waals surface area contributed by atoms with Crippen LogP contribution in [0.1, 0.15) is 36.1 Å². The van der Waals surface area contributed by atoms with Gasteiger partial charge in [0.25, 0.3) is 0 Å². The van der Waals surface area contributed by atoms with E-state index in [1.165, 1.54) is 24.0 Å². The molecule has 4 heteroatoms. The van der Waals surface area contributed by atoms with E-state index < -0.39 is 0 Å². The van der Waals surface area contributed by atoms with Gasteiger partial charge in [-0.05, 0) is 48.9 Å². The van der Waals surface area contributed by atoms with E-state index in [1.54, 1.807) is 11.8 Å². The van der Waals surface area contributed by atoms with Crippen LogP contribution in [0, 0.1) is 5.92 Å². The third kappa shape index (κ3) is 4.78. The standard InChI is InChI=1S/C20H22ClNOS/c1-14(15-7-8-15)22-19(23)13-24-20(16-5-3-2-4-6-16)17-9-11-18(21)12-10-17/h2-6,9-12,14-15,20H,7-8,13H2,1H3,(H,22,23). The van der Waals surface area contributed by atoms with Crippen molar-refractivity contribution in [1.82, 2.24) is 5.32 Å². The number of rotatable bonds is 7. The lowest BCUT2D eigenvalue weighted by Gasteiger charge is -2.19. The Hall–Kier alpha value is -1.45. The van der Waals surface area contributed by atoms with Crippen LogP contribution >= 0.6 is 23.4 Å². The molecular weight excluding hydrogens is 338 g/mol. The van der Waals surface area contributed by atoms with Gasteiger partial charge in [-0.3, -0.25) is 4.79 Å². The molecule has 0 saturated heterocycles. The monoisotopic (exact) mass is 359 g/mol. The summed E-state index contributed by atoms with van der Waals surface area (Å²) in [5, 5.41) is 3.99. The van der Waals surface area contributed by atoms with Gasteiger partial charge in [-0.25, -0.2) is 0 Å². The third-order valence-electron chi connectivity index (χ3n) is 4.37. The van der Waals surface area contributed by atoms with Crippen LogP contribution in [0.5, 0.6) is 0 Å². The Bertz CT molecular complexity index is 670. The Morgan fingerprint density at radius 1 is 1.12 bits per heavy atom. The van der Waals surface area contributed by atoms with E-state index in [-0.39, 0.29) is 11.2 Å². The van der Waals surface area contributed by atoms with Crippen molar-refractivity contribution in [3.63, 3.8) is 0 Å². The molecule has 0 aliphatic heterocycles. The summed E-state index contributed by atoms with van der Waals surface area (Å²) in [5.41, 5.74) is 2.37. The van der Waals surface area contributed by atoms with Gasteiger partial charge in [0, 0.05) is 11.1 Å². The van der Waals surface area contributed by atoms with E-state index in [1.807, 2.05) is 42.5 Å².